The molecule has 0 bridgehead atoms. The molecule has 0 saturated heterocycles. The Bertz CT molecular complexity index is 750. The highest BCUT2D eigenvalue weighted by Crippen LogP contribution is 2.38. The SMILES string of the molecule is COc1ccc(C(c2ccc(N)cc2)c2ccc(Br)s2)cc1. The predicted octanol–water partition coefficient (Wildman–Crippen LogP) is 5.28. The van der Waals surface area contributed by atoms with E-state index < -0.39 is 0 Å². The number of anilines is 1. The van der Waals surface area contributed by atoms with Crippen LogP contribution < -0.4 is 10.5 Å². The zero-order chi connectivity index (χ0) is 15.5. The van der Waals surface area contributed by atoms with Crippen molar-refractivity contribution in [2.45, 2.75) is 5.92 Å². The van der Waals surface area contributed by atoms with Crippen LogP contribution in [0.5, 0.6) is 5.75 Å². The summed E-state index contributed by atoms with van der Waals surface area (Å²) in [6.45, 7) is 0. The van der Waals surface area contributed by atoms with E-state index in [0.29, 0.717) is 0 Å². The maximum Gasteiger partial charge on any atom is 0.118 e. The predicted molar refractivity (Wildman–Crippen MR) is 96.8 cm³/mol. The molecule has 2 N–H and O–H groups in total. The Morgan fingerprint density at radius 3 is 2.00 bits per heavy atom. The van der Waals surface area contributed by atoms with Crippen LogP contribution in [0.1, 0.15) is 21.9 Å². The molecule has 0 aliphatic heterocycles. The van der Waals surface area contributed by atoms with Gasteiger partial charge in [-0.1, -0.05) is 24.3 Å². The van der Waals surface area contributed by atoms with Crippen molar-refractivity contribution in [2.75, 3.05) is 12.8 Å². The monoisotopic (exact) mass is 373 g/mol. The van der Waals surface area contributed by atoms with Gasteiger partial charge in [0.2, 0.25) is 0 Å². The molecule has 22 heavy (non-hydrogen) atoms. The summed E-state index contributed by atoms with van der Waals surface area (Å²) in [6.07, 6.45) is 0. The topological polar surface area (TPSA) is 35.2 Å². The number of hydrogen-bond acceptors (Lipinski definition) is 3. The van der Waals surface area contributed by atoms with E-state index in [4.69, 9.17) is 10.5 Å². The number of nitrogens with two attached hydrogens (primary N) is 1. The second kappa shape index (κ2) is 6.55. The Labute approximate surface area is 142 Å². The lowest BCUT2D eigenvalue weighted by Gasteiger charge is -2.17. The van der Waals surface area contributed by atoms with Crippen LogP contribution >= 0.6 is 27.3 Å². The number of methoxy groups -OCH3 is 1. The molecule has 0 fully saturated rings. The molecule has 0 aliphatic rings. The smallest absolute Gasteiger partial charge is 0.118 e. The molecule has 0 saturated carbocycles. The van der Waals surface area contributed by atoms with Crippen molar-refractivity contribution in [3.8, 4) is 5.75 Å². The van der Waals surface area contributed by atoms with Crippen LogP contribution in [-0.2, 0) is 0 Å². The number of hydrogen-bond donors (Lipinski definition) is 1. The summed E-state index contributed by atoms with van der Waals surface area (Å²) in [5.41, 5.74) is 9.07. The van der Waals surface area contributed by atoms with Crippen LogP contribution in [0.15, 0.2) is 64.5 Å². The summed E-state index contributed by atoms with van der Waals surface area (Å²) in [5.74, 6) is 1.06. The quantitative estimate of drug-likeness (QED) is 0.631. The first-order valence-corrected chi connectivity index (χ1v) is 8.53. The Morgan fingerprint density at radius 2 is 1.50 bits per heavy atom. The third-order valence-corrected chi connectivity index (χ3v) is 5.29. The van der Waals surface area contributed by atoms with Gasteiger partial charge in [0, 0.05) is 16.5 Å². The van der Waals surface area contributed by atoms with Gasteiger partial charge in [-0.25, -0.2) is 0 Å². The number of halogens is 1. The fourth-order valence-corrected chi connectivity index (χ4v) is 4.07. The first-order valence-electron chi connectivity index (χ1n) is 6.92. The van der Waals surface area contributed by atoms with Crippen LogP contribution in [0.25, 0.3) is 0 Å². The maximum atomic E-state index is 5.82. The highest BCUT2D eigenvalue weighted by Gasteiger charge is 2.18. The van der Waals surface area contributed by atoms with Gasteiger partial charge < -0.3 is 10.5 Å². The second-order valence-corrected chi connectivity index (χ2v) is 7.51. The molecule has 1 unspecified atom stereocenters. The molecule has 2 aromatic carbocycles. The summed E-state index contributed by atoms with van der Waals surface area (Å²) < 4.78 is 6.39. The molecule has 0 aliphatic carbocycles. The van der Waals surface area contributed by atoms with E-state index in [1.54, 1.807) is 18.4 Å². The molecule has 112 valence electrons. The van der Waals surface area contributed by atoms with Gasteiger partial charge in [-0.3, -0.25) is 0 Å². The normalized spacial score (nSPS) is 12.1. The average molecular weight is 374 g/mol. The standard InChI is InChI=1S/C18H16BrNOS/c1-21-15-8-4-13(5-9-15)18(16-10-11-17(19)22-16)12-2-6-14(20)7-3-12/h2-11,18H,20H2,1H3. The van der Waals surface area contributed by atoms with Gasteiger partial charge in [-0.15, -0.1) is 11.3 Å². The summed E-state index contributed by atoms with van der Waals surface area (Å²) in [6, 6.07) is 20.6. The minimum absolute atomic E-state index is 0.197. The van der Waals surface area contributed by atoms with Gasteiger partial charge in [0.05, 0.1) is 10.9 Å². The third-order valence-electron chi connectivity index (χ3n) is 3.60. The van der Waals surface area contributed by atoms with Gasteiger partial charge in [-0.2, -0.15) is 0 Å². The van der Waals surface area contributed by atoms with Crippen LogP contribution in [-0.4, -0.2) is 7.11 Å². The van der Waals surface area contributed by atoms with Crippen LogP contribution in [0.2, 0.25) is 0 Å². The van der Waals surface area contributed by atoms with Gasteiger partial charge >= 0.3 is 0 Å². The van der Waals surface area contributed by atoms with Crippen LogP contribution in [0.3, 0.4) is 0 Å². The number of thiophene rings is 1. The Morgan fingerprint density at radius 1 is 0.909 bits per heavy atom. The minimum Gasteiger partial charge on any atom is -0.497 e. The first kappa shape index (κ1) is 15.1. The fraction of sp³-hybridized carbons (Fsp3) is 0.111. The van der Waals surface area contributed by atoms with E-state index in [2.05, 4.69) is 52.3 Å². The lowest BCUT2D eigenvalue weighted by molar-refractivity contribution is 0.414. The largest absolute Gasteiger partial charge is 0.497 e. The van der Waals surface area contributed by atoms with E-state index in [0.717, 1.165) is 15.2 Å². The lowest BCUT2D eigenvalue weighted by atomic mass is 9.90. The highest BCUT2D eigenvalue weighted by atomic mass is 79.9. The van der Waals surface area contributed by atoms with Gasteiger partial charge in [0.15, 0.2) is 0 Å². The van der Waals surface area contributed by atoms with Crippen molar-refractivity contribution in [3.05, 3.63) is 80.5 Å². The molecule has 2 nitrogen and oxygen atoms in total. The molecular formula is C18H16BrNOS. The maximum absolute atomic E-state index is 5.82. The number of benzene rings is 2. The van der Waals surface area contributed by atoms with Crippen LogP contribution in [0.4, 0.5) is 5.69 Å². The Balaban J connectivity index is 2.07. The number of rotatable bonds is 4. The molecule has 0 spiro atoms. The molecule has 4 heteroatoms. The highest BCUT2D eigenvalue weighted by molar-refractivity contribution is 9.11. The first-order chi connectivity index (χ1) is 10.7. The molecule has 1 aromatic heterocycles. The zero-order valence-electron chi connectivity index (χ0n) is 12.1. The third kappa shape index (κ3) is 3.18. The average Bonchev–Trinajstić information content (AvgIpc) is 2.96. The molecule has 0 radical (unpaired) electrons. The van der Waals surface area contributed by atoms with Crippen molar-refractivity contribution in [1.29, 1.82) is 0 Å². The summed E-state index contributed by atoms with van der Waals surface area (Å²) in [4.78, 5) is 1.29. The molecule has 1 heterocycles. The zero-order valence-corrected chi connectivity index (χ0v) is 14.5. The molecule has 3 aromatic rings. The van der Waals surface area contributed by atoms with E-state index in [9.17, 15) is 0 Å². The van der Waals surface area contributed by atoms with Gasteiger partial charge in [0.1, 0.15) is 5.75 Å². The number of ether oxygens (including phenoxy) is 1. The summed E-state index contributed by atoms with van der Waals surface area (Å²) in [7, 11) is 1.68. The Hall–Kier alpha value is -1.78. The minimum atomic E-state index is 0.197. The lowest BCUT2D eigenvalue weighted by Crippen LogP contribution is -2.01. The van der Waals surface area contributed by atoms with E-state index in [1.807, 2.05) is 24.3 Å². The van der Waals surface area contributed by atoms with Crippen molar-refractivity contribution in [3.63, 3.8) is 0 Å². The molecule has 0 amide bonds. The van der Waals surface area contributed by atoms with E-state index in [1.165, 1.54) is 16.0 Å². The Kier molecular flexibility index (Phi) is 4.50. The van der Waals surface area contributed by atoms with Crippen molar-refractivity contribution in [2.24, 2.45) is 0 Å². The van der Waals surface area contributed by atoms with E-state index in [-0.39, 0.29) is 5.92 Å². The van der Waals surface area contributed by atoms with Gasteiger partial charge in [0.25, 0.3) is 0 Å². The molecular weight excluding hydrogens is 358 g/mol. The molecule has 3 rings (SSSR count). The van der Waals surface area contributed by atoms with Crippen LogP contribution in [0, 0.1) is 0 Å². The molecule has 1 atom stereocenters. The summed E-state index contributed by atoms with van der Waals surface area (Å²) in [5, 5.41) is 0. The number of nitrogen functional groups attached to an aromatic ring is 1. The second-order valence-electron chi connectivity index (χ2n) is 5.01. The van der Waals surface area contributed by atoms with Crippen molar-refractivity contribution >= 4 is 33.0 Å². The van der Waals surface area contributed by atoms with E-state index >= 15 is 0 Å². The van der Waals surface area contributed by atoms with Crippen molar-refractivity contribution < 1.29 is 4.74 Å². The fourth-order valence-electron chi connectivity index (χ4n) is 2.49. The van der Waals surface area contributed by atoms with Gasteiger partial charge in [-0.05, 0) is 63.5 Å². The van der Waals surface area contributed by atoms with Crippen molar-refractivity contribution in [1.82, 2.24) is 0 Å². The summed E-state index contributed by atoms with van der Waals surface area (Å²) >= 11 is 5.31.